The standard InChI is InChI=1S/C15H11ClFNO3/c1-8-2-5-13(10(6-8)15(20)21)18-14(19)9-3-4-11(16)12(17)7-9/h2-7H,1H3,(H,18,19)(H,20,21). The molecule has 0 saturated carbocycles. The number of amides is 1. The van der Waals surface area contributed by atoms with Gasteiger partial charge in [-0.15, -0.1) is 0 Å². The van der Waals surface area contributed by atoms with E-state index in [0.29, 0.717) is 0 Å². The maximum atomic E-state index is 13.3. The van der Waals surface area contributed by atoms with Crippen molar-refractivity contribution in [2.24, 2.45) is 0 Å². The highest BCUT2D eigenvalue weighted by Gasteiger charge is 2.14. The van der Waals surface area contributed by atoms with E-state index in [0.717, 1.165) is 11.6 Å². The van der Waals surface area contributed by atoms with Crippen molar-refractivity contribution in [2.75, 3.05) is 5.32 Å². The van der Waals surface area contributed by atoms with Gasteiger partial charge in [0.25, 0.3) is 5.91 Å². The van der Waals surface area contributed by atoms with Crippen LogP contribution in [0.1, 0.15) is 26.3 Å². The Morgan fingerprint density at radius 3 is 2.52 bits per heavy atom. The molecule has 0 spiro atoms. The fourth-order valence-electron chi connectivity index (χ4n) is 1.78. The van der Waals surface area contributed by atoms with Crippen molar-refractivity contribution in [1.29, 1.82) is 0 Å². The Hall–Kier alpha value is -2.40. The Morgan fingerprint density at radius 1 is 1.19 bits per heavy atom. The lowest BCUT2D eigenvalue weighted by molar-refractivity contribution is 0.0698. The normalized spacial score (nSPS) is 10.2. The van der Waals surface area contributed by atoms with E-state index in [1.54, 1.807) is 13.0 Å². The zero-order valence-electron chi connectivity index (χ0n) is 11.0. The molecule has 0 aromatic heterocycles. The summed E-state index contributed by atoms with van der Waals surface area (Å²) in [6.45, 7) is 1.74. The van der Waals surface area contributed by atoms with Gasteiger partial charge in [-0.3, -0.25) is 4.79 Å². The second-order valence-corrected chi connectivity index (χ2v) is 4.84. The first-order valence-corrected chi connectivity index (χ1v) is 6.36. The second-order valence-electron chi connectivity index (χ2n) is 4.44. The third kappa shape index (κ3) is 3.38. The average molecular weight is 308 g/mol. The highest BCUT2D eigenvalue weighted by molar-refractivity contribution is 6.30. The topological polar surface area (TPSA) is 66.4 Å². The minimum atomic E-state index is -1.16. The minimum Gasteiger partial charge on any atom is -0.478 e. The number of carboxylic acids is 1. The van der Waals surface area contributed by atoms with Gasteiger partial charge in [-0.05, 0) is 37.3 Å². The molecule has 0 saturated heterocycles. The number of nitrogens with one attached hydrogen (secondary N) is 1. The summed E-state index contributed by atoms with van der Waals surface area (Å²) in [5, 5.41) is 11.5. The van der Waals surface area contributed by atoms with E-state index in [9.17, 15) is 14.0 Å². The van der Waals surface area contributed by atoms with Crippen LogP contribution in [-0.2, 0) is 0 Å². The molecule has 0 fully saturated rings. The Morgan fingerprint density at radius 2 is 1.90 bits per heavy atom. The summed E-state index contributed by atoms with van der Waals surface area (Å²) in [5.74, 6) is -2.49. The first-order valence-electron chi connectivity index (χ1n) is 5.99. The molecule has 0 heterocycles. The van der Waals surface area contributed by atoms with Crippen molar-refractivity contribution in [2.45, 2.75) is 6.92 Å². The SMILES string of the molecule is Cc1ccc(NC(=O)c2ccc(Cl)c(F)c2)c(C(=O)O)c1. The van der Waals surface area contributed by atoms with Crippen LogP contribution >= 0.6 is 11.6 Å². The first-order chi connectivity index (χ1) is 9.88. The summed E-state index contributed by atoms with van der Waals surface area (Å²) in [6, 6.07) is 8.22. The molecule has 0 bridgehead atoms. The molecule has 0 unspecified atom stereocenters. The third-order valence-corrected chi connectivity index (χ3v) is 3.14. The van der Waals surface area contributed by atoms with Crippen molar-refractivity contribution < 1.29 is 19.1 Å². The van der Waals surface area contributed by atoms with Gasteiger partial charge in [0.1, 0.15) is 5.82 Å². The Kier molecular flexibility index (Phi) is 4.23. The predicted octanol–water partition coefficient (Wildman–Crippen LogP) is 3.74. The number of carbonyl (C=O) groups excluding carboxylic acids is 1. The highest BCUT2D eigenvalue weighted by atomic mass is 35.5. The summed E-state index contributed by atoms with van der Waals surface area (Å²) in [7, 11) is 0. The number of anilines is 1. The van der Waals surface area contributed by atoms with Crippen molar-refractivity contribution >= 4 is 29.2 Å². The zero-order valence-corrected chi connectivity index (χ0v) is 11.7. The lowest BCUT2D eigenvalue weighted by Crippen LogP contribution is -2.15. The van der Waals surface area contributed by atoms with Crippen LogP contribution < -0.4 is 5.32 Å². The zero-order chi connectivity index (χ0) is 15.6. The lowest BCUT2D eigenvalue weighted by Gasteiger charge is -2.09. The molecule has 2 aromatic rings. The van der Waals surface area contributed by atoms with Gasteiger partial charge < -0.3 is 10.4 Å². The second kappa shape index (κ2) is 5.93. The molecule has 2 aromatic carbocycles. The number of hydrogen-bond acceptors (Lipinski definition) is 2. The van der Waals surface area contributed by atoms with Crippen molar-refractivity contribution in [3.8, 4) is 0 Å². The Bertz CT molecular complexity index is 731. The summed E-state index contributed by atoms with van der Waals surface area (Å²) in [4.78, 5) is 23.2. The van der Waals surface area contributed by atoms with Gasteiger partial charge in [0, 0.05) is 5.56 Å². The number of aryl methyl sites for hydroxylation is 1. The van der Waals surface area contributed by atoms with Gasteiger partial charge in [0.15, 0.2) is 0 Å². The van der Waals surface area contributed by atoms with Crippen LogP contribution in [0.2, 0.25) is 5.02 Å². The van der Waals surface area contributed by atoms with Crippen LogP contribution in [-0.4, -0.2) is 17.0 Å². The monoisotopic (exact) mass is 307 g/mol. The third-order valence-electron chi connectivity index (χ3n) is 2.84. The summed E-state index contributed by atoms with van der Waals surface area (Å²) < 4.78 is 13.3. The molecule has 2 rings (SSSR count). The van der Waals surface area contributed by atoms with E-state index < -0.39 is 17.7 Å². The minimum absolute atomic E-state index is 0.0298. The molecule has 21 heavy (non-hydrogen) atoms. The number of carboxylic acid groups (broad SMARTS) is 1. The lowest BCUT2D eigenvalue weighted by atomic mass is 10.1. The number of rotatable bonds is 3. The molecule has 4 nitrogen and oxygen atoms in total. The number of halogens is 2. The molecule has 0 radical (unpaired) electrons. The maximum Gasteiger partial charge on any atom is 0.337 e. The van der Waals surface area contributed by atoms with E-state index >= 15 is 0 Å². The van der Waals surface area contributed by atoms with Crippen molar-refractivity contribution in [3.05, 3.63) is 63.9 Å². The van der Waals surface area contributed by atoms with E-state index in [-0.39, 0.29) is 21.8 Å². The number of aromatic carboxylic acids is 1. The molecular formula is C15H11ClFNO3. The van der Waals surface area contributed by atoms with E-state index in [1.165, 1.54) is 24.3 Å². The molecule has 1 amide bonds. The van der Waals surface area contributed by atoms with Crippen LogP contribution in [0.25, 0.3) is 0 Å². The molecule has 0 atom stereocenters. The predicted molar refractivity (Wildman–Crippen MR) is 77.5 cm³/mol. The first kappa shape index (κ1) is 15.0. The smallest absolute Gasteiger partial charge is 0.337 e. The molecule has 6 heteroatoms. The molecule has 108 valence electrons. The molecule has 0 aliphatic rings. The molecular weight excluding hydrogens is 297 g/mol. The van der Waals surface area contributed by atoms with Gasteiger partial charge in [-0.25, -0.2) is 9.18 Å². The average Bonchev–Trinajstić information content (AvgIpc) is 2.43. The molecule has 0 aliphatic carbocycles. The fourth-order valence-corrected chi connectivity index (χ4v) is 1.89. The van der Waals surface area contributed by atoms with Gasteiger partial charge in [-0.1, -0.05) is 23.2 Å². The van der Waals surface area contributed by atoms with Crippen molar-refractivity contribution in [3.63, 3.8) is 0 Å². The van der Waals surface area contributed by atoms with E-state index in [1.807, 2.05) is 0 Å². The van der Waals surface area contributed by atoms with Crippen LogP contribution in [0.4, 0.5) is 10.1 Å². The Labute approximate surface area is 125 Å². The van der Waals surface area contributed by atoms with Gasteiger partial charge in [0.05, 0.1) is 16.3 Å². The van der Waals surface area contributed by atoms with Crippen LogP contribution in [0.3, 0.4) is 0 Å². The van der Waals surface area contributed by atoms with E-state index in [4.69, 9.17) is 16.7 Å². The number of hydrogen-bond donors (Lipinski definition) is 2. The van der Waals surface area contributed by atoms with Crippen molar-refractivity contribution in [1.82, 2.24) is 0 Å². The summed E-state index contributed by atoms with van der Waals surface area (Å²) >= 11 is 5.55. The van der Waals surface area contributed by atoms with Crippen LogP contribution in [0.5, 0.6) is 0 Å². The maximum absolute atomic E-state index is 13.3. The quantitative estimate of drug-likeness (QED) is 0.907. The number of carbonyl (C=O) groups is 2. The van der Waals surface area contributed by atoms with Gasteiger partial charge >= 0.3 is 5.97 Å². The Balaban J connectivity index is 2.31. The highest BCUT2D eigenvalue weighted by Crippen LogP contribution is 2.20. The fraction of sp³-hybridized carbons (Fsp3) is 0.0667. The largest absolute Gasteiger partial charge is 0.478 e. The number of benzene rings is 2. The van der Waals surface area contributed by atoms with E-state index in [2.05, 4.69) is 5.32 Å². The van der Waals surface area contributed by atoms with Crippen LogP contribution in [0, 0.1) is 12.7 Å². The molecule has 0 aliphatic heterocycles. The molecule has 2 N–H and O–H groups in total. The summed E-state index contributed by atoms with van der Waals surface area (Å²) in [6.07, 6.45) is 0. The van der Waals surface area contributed by atoms with Gasteiger partial charge in [-0.2, -0.15) is 0 Å². The summed E-state index contributed by atoms with van der Waals surface area (Å²) in [5.41, 5.74) is 0.919. The van der Waals surface area contributed by atoms with Crippen LogP contribution in [0.15, 0.2) is 36.4 Å². The van der Waals surface area contributed by atoms with Gasteiger partial charge in [0.2, 0.25) is 0 Å².